The second kappa shape index (κ2) is 5.07. The van der Waals surface area contributed by atoms with Crippen molar-refractivity contribution in [3.63, 3.8) is 0 Å². The standard InChI is InChI=1S/C10H10Cl2N2O4/c1-10(2,3)18-9(15)7-5(14(16)17)4-6(11)13-8(7)12/h4H,1-3H3. The lowest BCUT2D eigenvalue weighted by Crippen LogP contribution is -2.24. The third-order valence-corrected chi connectivity index (χ3v) is 2.19. The predicted molar refractivity (Wildman–Crippen MR) is 66.1 cm³/mol. The summed E-state index contributed by atoms with van der Waals surface area (Å²) >= 11 is 11.3. The van der Waals surface area contributed by atoms with Gasteiger partial charge in [-0.3, -0.25) is 10.1 Å². The Morgan fingerprint density at radius 1 is 1.44 bits per heavy atom. The zero-order valence-electron chi connectivity index (χ0n) is 9.86. The summed E-state index contributed by atoms with van der Waals surface area (Å²) in [4.78, 5) is 25.5. The van der Waals surface area contributed by atoms with Crippen LogP contribution in [0, 0.1) is 10.1 Å². The summed E-state index contributed by atoms with van der Waals surface area (Å²) in [6.45, 7) is 4.90. The third kappa shape index (κ3) is 3.54. The first-order chi connectivity index (χ1) is 8.11. The molecule has 1 rings (SSSR count). The fraction of sp³-hybridized carbons (Fsp3) is 0.400. The number of ether oxygens (including phenoxy) is 1. The molecule has 0 aliphatic carbocycles. The molecule has 0 aromatic carbocycles. The van der Waals surface area contributed by atoms with Crippen molar-refractivity contribution < 1.29 is 14.5 Å². The van der Waals surface area contributed by atoms with Gasteiger partial charge in [0.15, 0.2) is 10.7 Å². The Morgan fingerprint density at radius 3 is 2.44 bits per heavy atom. The number of hydrogen-bond acceptors (Lipinski definition) is 5. The van der Waals surface area contributed by atoms with Crippen LogP contribution in [0.5, 0.6) is 0 Å². The molecule has 0 aliphatic heterocycles. The fourth-order valence-corrected chi connectivity index (χ4v) is 1.63. The maximum atomic E-state index is 11.8. The normalized spacial score (nSPS) is 11.2. The molecular formula is C10H10Cl2N2O4. The van der Waals surface area contributed by atoms with Crippen LogP contribution in [0.4, 0.5) is 5.69 Å². The monoisotopic (exact) mass is 292 g/mol. The Labute approximate surface area is 113 Å². The van der Waals surface area contributed by atoms with E-state index in [2.05, 4.69) is 4.98 Å². The van der Waals surface area contributed by atoms with Gasteiger partial charge in [0.05, 0.1) is 11.0 Å². The number of rotatable bonds is 2. The summed E-state index contributed by atoms with van der Waals surface area (Å²) in [5, 5.41) is 10.3. The highest BCUT2D eigenvalue weighted by atomic mass is 35.5. The van der Waals surface area contributed by atoms with Gasteiger partial charge < -0.3 is 4.74 Å². The fourth-order valence-electron chi connectivity index (χ4n) is 1.13. The van der Waals surface area contributed by atoms with Crippen molar-refractivity contribution in [1.29, 1.82) is 0 Å². The van der Waals surface area contributed by atoms with Crippen LogP contribution in [0.1, 0.15) is 31.1 Å². The van der Waals surface area contributed by atoms with Crippen LogP contribution in [0.25, 0.3) is 0 Å². The molecule has 0 spiro atoms. The molecule has 0 radical (unpaired) electrons. The van der Waals surface area contributed by atoms with Crippen molar-refractivity contribution in [1.82, 2.24) is 4.98 Å². The lowest BCUT2D eigenvalue weighted by molar-refractivity contribution is -0.385. The van der Waals surface area contributed by atoms with Gasteiger partial charge in [-0.15, -0.1) is 0 Å². The van der Waals surface area contributed by atoms with Crippen LogP contribution < -0.4 is 0 Å². The average molecular weight is 293 g/mol. The van der Waals surface area contributed by atoms with Crippen molar-refractivity contribution in [2.45, 2.75) is 26.4 Å². The number of nitro groups is 1. The van der Waals surface area contributed by atoms with Gasteiger partial charge in [0, 0.05) is 0 Å². The minimum absolute atomic E-state index is 0.168. The smallest absolute Gasteiger partial charge is 0.348 e. The molecule has 0 amide bonds. The molecule has 1 aromatic rings. The Bertz CT molecular complexity index is 511. The molecule has 0 saturated heterocycles. The van der Waals surface area contributed by atoms with Crippen LogP contribution >= 0.6 is 23.2 Å². The molecule has 8 heteroatoms. The van der Waals surface area contributed by atoms with Crippen LogP contribution in [-0.4, -0.2) is 21.5 Å². The van der Waals surface area contributed by atoms with Crippen molar-refractivity contribution in [3.05, 3.63) is 32.1 Å². The van der Waals surface area contributed by atoms with Gasteiger partial charge in [-0.2, -0.15) is 0 Å². The Balaban J connectivity index is 3.31. The topological polar surface area (TPSA) is 82.3 Å². The highest BCUT2D eigenvalue weighted by Crippen LogP contribution is 2.29. The highest BCUT2D eigenvalue weighted by Gasteiger charge is 2.30. The summed E-state index contributed by atoms with van der Waals surface area (Å²) in [7, 11) is 0. The average Bonchev–Trinajstić information content (AvgIpc) is 2.12. The number of aromatic nitrogens is 1. The van der Waals surface area contributed by atoms with Gasteiger partial charge in [-0.25, -0.2) is 9.78 Å². The molecule has 0 aliphatic rings. The first-order valence-corrected chi connectivity index (χ1v) is 5.61. The zero-order valence-corrected chi connectivity index (χ0v) is 11.4. The van der Waals surface area contributed by atoms with Gasteiger partial charge in [0.1, 0.15) is 10.8 Å². The number of carbonyl (C=O) groups excluding carboxylic acids is 1. The summed E-state index contributed by atoms with van der Waals surface area (Å²) in [6, 6.07) is 0.951. The van der Waals surface area contributed by atoms with E-state index in [9.17, 15) is 14.9 Å². The first kappa shape index (κ1) is 14.7. The maximum Gasteiger partial charge on any atom is 0.348 e. The van der Waals surface area contributed by atoms with Gasteiger partial charge in [-0.05, 0) is 20.8 Å². The summed E-state index contributed by atoms with van der Waals surface area (Å²) in [5.41, 5.74) is -1.73. The molecule has 6 nitrogen and oxygen atoms in total. The van der Waals surface area contributed by atoms with E-state index in [1.165, 1.54) is 0 Å². The van der Waals surface area contributed by atoms with Gasteiger partial charge in [0.25, 0.3) is 5.69 Å². The number of nitrogens with zero attached hydrogens (tertiary/aromatic N) is 2. The maximum absolute atomic E-state index is 11.8. The Hall–Kier alpha value is -1.40. The van der Waals surface area contributed by atoms with Crippen molar-refractivity contribution in [3.8, 4) is 0 Å². The van der Waals surface area contributed by atoms with Gasteiger partial charge in [-0.1, -0.05) is 23.2 Å². The summed E-state index contributed by atoms with van der Waals surface area (Å²) in [5.74, 6) is -0.914. The molecular weight excluding hydrogens is 283 g/mol. The number of pyridine rings is 1. The Kier molecular flexibility index (Phi) is 4.13. The molecule has 0 saturated carbocycles. The lowest BCUT2D eigenvalue weighted by atomic mass is 10.2. The van der Waals surface area contributed by atoms with Crippen molar-refractivity contribution >= 4 is 34.9 Å². The minimum atomic E-state index is -0.914. The molecule has 1 aromatic heterocycles. The molecule has 0 fully saturated rings. The van der Waals surface area contributed by atoms with E-state index in [1.54, 1.807) is 20.8 Å². The highest BCUT2D eigenvalue weighted by molar-refractivity contribution is 6.35. The van der Waals surface area contributed by atoms with Gasteiger partial charge >= 0.3 is 5.97 Å². The van der Waals surface area contributed by atoms with Crippen LogP contribution in [0.15, 0.2) is 6.07 Å². The van der Waals surface area contributed by atoms with E-state index in [4.69, 9.17) is 27.9 Å². The Morgan fingerprint density at radius 2 is 2.00 bits per heavy atom. The second-order valence-corrected chi connectivity index (χ2v) is 5.13. The van der Waals surface area contributed by atoms with E-state index in [1.807, 2.05) is 0 Å². The molecule has 1 heterocycles. The summed E-state index contributed by atoms with van der Waals surface area (Å²) < 4.78 is 5.02. The minimum Gasteiger partial charge on any atom is -0.456 e. The number of carbonyl (C=O) groups is 1. The SMILES string of the molecule is CC(C)(C)OC(=O)c1c([N+](=O)[O-])cc(Cl)nc1Cl. The van der Waals surface area contributed by atoms with E-state index in [0.717, 1.165) is 6.07 Å². The summed E-state index contributed by atoms with van der Waals surface area (Å²) in [6.07, 6.45) is 0. The predicted octanol–water partition coefficient (Wildman–Crippen LogP) is 3.25. The first-order valence-electron chi connectivity index (χ1n) is 4.85. The van der Waals surface area contributed by atoms with Crippen LogP contribution in [0.3, 0.4) is 0 Å². The largest absolute Gasteiger partial charge is 0.456 e. The third-order valence-electron chi connectivity index (χ3n) is 1.72. The molecule has 0 N–H and O–H groups in total. The number of halogens is 2. The molecule has 0 atom stereocenters. The number of esters is 1. The quantitative estimate of drug-likeness (QED) is 0.362. The van der Waals surface area contributed by atoms with Crippen LogP contribution in [-0.2, 0) is 4.74 Å². The number of hydrogen-bond donors (Lipinski definition) is 0. The van der Waals surface area contributed by atoms with E-state index >= 15 is 0 Å². The van der Waals surface area contributed by atoms with Crippen LogP contribution in [0.2, 0.25) is 10.3 Å². The van der Waals surface area contributed by atoms with E-state index in [0.29, 0.717) is 0 Å². The van der Waals surface area contributed by atoms with E-state index in [-0.39, 0.29) is 10.3 Å². The van der Waals surface area contributed by atoms with Crippen molar-refractivity contribution in [2.24, 2.45) is 0 Å². The molecule has 98 valence electrons. The second-order valence-electron chi connectivity index (χ2n) is 4.39. The van der Waals surface area contributed by atoms with Crippen molar-refractivity contribution in [2.75, 3.05) is 0 Å². The zero-order chi connectivity index (χ0) is 14.1. The van der Waals surface area contributed by atoms with Gasteiger partial charge in [0.2, 0.25) is 0 Å². The lowest BCUT2D eigenvalue weighted by Gasteiger charge is -2.19. The molecule has 18 heavy (non-hydrogen) atoms. The van der Waals surface area contributed by atoms with E-state index < -0.39 is 27.7 Å². The molecule has 0 bridgehead atoms. The molecule has 0 unspecified atom stereocenters.